The lowest BCUT2D eigenvalue weighted by Crippen LogP contribution is -2.47. The number of aromatic amines is 1. The Hall–Kier alpha value is -1.09. The van der Waals surface area contributed by atoms with Crippen molar-refractivity contribution in [3.63, 3.8) is 0 Å². The second-order valence-corrected chi connectivity index (χ2v) is 4.47. The quantitative estimate of drug-likeness (QED) is 0.881. The average Bonchev–Trinajstić information content (AvgIpc) is 2.78. The van der Waals surface area contributed by atoms with Crippen LogP contribution in [0.15, 0.2) is 6.33 Å². The van der Waals surface area contributed by atoms with Gasteiger partial charge in [0.15, 0.2) is 5.15 Å². The molecule has 6 heteroatoms. The lowest BCUT2D eigenvalue weighted by Gasteiger charge is -2.36. The summed E-state index contributed by atoms with van der Waals surface area (Å²) in [6.07, 6.45) is 1.53. The lowest BCUT2D eigenvalue weighted by molar-refractivity contribution is 0.117. The van der Waals surface area contributed by atoms with Crippen LogP contribution in [0.2, 0.25) is 5.15 Å². The molecular formula is C11H16ClN5. The molecule has 0 bridgehead atoms. The summed E-state index contributed by atoms with van der Waals surface area (Å²) in [4.78, 5) is 11.4. The fourth-order valence-electron chi connectivity index (χ4n) is 2.15. The molecule has 1 aromatic rings. The van der Waals surface area contributed by atoms with Crippen LogP contribution in [0.4, 0.5) is 0 Å². The van der Waals surface area contributed by atoms with Crippen LogP contribution in [-0.2, 0) is 0 Å². The van der Waals surface area contributed by atoms with Gasteiger partial charge in [0.1, 0.15) is 6.04 Å². The third kappa shape index (κ3) is 2.60. The summed E-state index contributed by atoms with van der Waals surface area (Å²) in [5.74, 6) is 0. The third-order valence-electron chi connectivity index (χ3n) is 3.24. The molecule has 0 spiro atoms. The molecule has 1 atom stereocenters. The van der Waals surface area contributed by atoms with Gasteiger partial charge in [0.25, 0.3) is 0 Å². The maximum Gasteiger partial charge on any atom is 0.152 e. The molecule has 0 saturated carbocycles. The Balaban J connectivity index is 2.06. The number of hydrogen-bond donors (Lipinski definition) is 1. The van der Waals surface area contributed by atoms with Crippen LogP contribution in [0.5, 0.6) is 0 Å². The standard InChI is InChI=1S/C11H16ClN5/c1-2-16-3-5-17(6-4-16)9(7-13)10-11(12)15-8-14-10/h8-9H,2-6H2,1H3,(H,14,15). The Morgan fingerprint density at radius 1 is 1.53 bits per heavy atom. The smallest absolute Gasteiger partial charge is 0.152 e. The van der Waals surface area contributed by atoms with E-state index in [0.717, 1.165) is 32.7 Å². The van der Waals surface area contributed by atoms with E-state index in [2.05, 4.69) is 32.8 Å². The van der Waals surface area contributed by atoms with Gasteiger partial charge >= 0.3 is 0 Å². The lowest BCUT2D eigenvalue weighted by atomic mass is 10.2. The Labute approximate surface area is 106 Å². The van der Waals surface area contributed by atoms with Gasteiger partial charge in [-0.05, 0) is 6.54 Å². The largest absolute Gasteiger partial charge is 0.345 e. The predicted octanol–water partition coefficient (Wildman–Crippen LogP) is 1.27. The first-order valence-corrected chi connectivity index (χ1v) is 6.18. The maximum absolute atomic E-state index is 9.29. The van der Waals surface area contributed by atoms with Crippen molar-refractivity contribution in [1.82, 2.24) is 19.8 Å². The van der Waals surface area contributed by atoms with E-state index in [4.69, 9.17) is 11.6 Å². The molecule has 1 N–H and O–H groups in total. The number of hydrogen-bond acceptors (Lipinski definition) is 4. The molecule has 0 amide bonds. The molecule has 0 aromatic carbocycles. The fraction of sp³-hybridized carbons (Fsp3) is 0.636. The van der Waals surface area contributed by atoms with Crippen molar-refractivity contribution < 1.29 is 0 Å². The van der Waals surface area contributed by atoms with Crippen molar-refractivity contribution in [3.8, 4) is 6.07 Å². The Bertz CT molecular complexity index is 402. The average molecular weight is 254 g/mol. The van der Waals surface area contributed by atoms with E-state index in [9.17, 15) is 5.26 Å². The number of rotatable bonds is 3. The van der Waals surface area contributed by atoms with Crippen LogP contribution < -0.4 is 0 Å². The SMILES string of the molecule is CCN1CCN(C(C#N)c2[nH]cnc2Cl)CC1. The zero-order valence-electron chi connectivity index (χ0n) is 9.86. The van der Waals surface area contributed by atoms with Crippen LogP contribution in [0.1, 0.15) is 18.7 Å². The number of nitriles is 1. The number of halogens is 1. The molecule has 1 aliphatic rings. The third-order valence-corrected chi connectivity index (χ3v) is 3.54. The Morgan fingerprint density at radius 2 is 2.24 bits per heavy atom. The number of piperazine rings is 1. The number of nitrogens with one attached hydrogen (secondary N) is 1. The molecule has 1 aromatic heterocycles. The van der Waals surface area contributed by atoms with Crippen molar-refractivity contribution in [1.29, 1.82) is 5.26 Å². The fourth-order valence-corrected chi connectivity index (χ4v) is 2.35. The minimum absolute atomic E-state index is 0.316. The topological polar surface area (TPSA) is 59.0 Å². The van der Waals surface area contributed by atoms with E-state index in [1.807, 2.05) is 0 Å². The molecule has 1 saturated heterocycles. The molecule has 5 nitrogen and oxygen atoms in total. The van der Waals surface area contributed by atoms with Crippen LogP contribution in [0.3, 0.4) is 0 Å². The summed E-state index contributed by atoms with van der Waals surface area (Å²) in [6.45, 7) is 7.00. The minimum Gasteiger partial charge on any atom is -0.345 e. The first-order valence-electron chi connectivity index (χ1n) is 5.81. The highest BCUT2D eigenvalue weighted by molar-refractivity contribution is 6.30. The zero-order chi connectivity index (χ0) is 12.3. The molecule has 0 aliphatic carbocycles. The van der Waals surface area contributed by atoms with Crippen LogP contribution in [0.25, 0.3) is 0 Å². The molecule has 0 radical (unpaired) electrons. The van der Waals surface area contributed by atoms with Crippen molar-refractivity contribution in [2.75, 3.05) is 32.7 Å². The van der Waals surface area contributed by atoms with E-state index in [1.54, 1.807) is 0 Å². The van der Waals surface area contributed by atoms with E-state index in [0.29, 0.717) is 10.8 Å². The van der Waals surface area contributed by atoms with Crippen molar-refractivity contribution in [2.45, 2.75) is 13.0 Å². The highest BCUT2D eigenvalue weighted by atomic mass is 35.5. The van der Waals surface area contributed by atoms with E-state index in [1.165, 1.54) is 6.33 Å². The predicted molar refractivity (Wildman–Crippen MR) is 65.6 cm³/mol. The van der Waals surface area contributed by atoms with E-state index in [-0.39, 0.29) is 6.04 Å². The molecule has 2 rings (SSSR count). The van der Waals surface area contributed by atoms with Gasteiger partial charge in [0.2, 0.25) is 0 Å². The van der Waals surface area contributed by atoms with Gasteiger partial charge in [-0.3, -0.25) is 4.90 Å². The van der Waals surface area contributed by atoms with Gasteiger partial charge in [-0.15, -0.1) is 0 Å². The van der Waals surface area contributed by atoms with Crippen LogP contribution in [-0.4, -0.2) is 52.5 Å². The maximum atomic E-state index is 9.29. The first kappa shape index (κ1) is 12.4. The number of nitrogens with zero attached hydrogens (tertiary/aromatic N) is 4. The Morgan fingerprint density at radius 3 is 2.71 bits per heavy atom. The van der Waals surface area contributed by atoms with Crippen molar-refractivity contribution in [2.24, 2.45) is 0 Å². The summed E-state index contributed by atoms with van der Waals surface area (Å²) in [5, 5.41) is 9.68. The number of H-pyrrole nitrogens is 1. The summed E-state index contributed by atoms with van der Waals surface area (Å²) in [6, 6.07) is 1.98. The highest BCUT2D eigenvalue weighted by Crippen LogP contribution is 2.24. The zero-order valence-corrected chi connectivity index (χ0v) is 10.6. The highest BCUT2D eigenvalue weighted by Gasteiger charge is 2.27. The normalized spacial score (nSPS) is 20.1. The molecule has 1 aliphatic heterocycles. The van der Waals surface area contributed by atoms with Gasteiger partial charge in [-0.25, -0.2) is 4.98 Å². The van der Waals surface area contributed by atoms with Crippen LogP contribution in [0, 0.1) is 11.3 Å². The second kappa shape index (κ2) is 5.50. The van der Waals surface area contributed by atoms with E-state index >= 15 is 0 Å². The molecule has 17 heavy (non-hydrogen) atoms. The number of likely N-dealkylation sites (N-methyl/N-ethyl adjacent to an activating group) is 1. The molecule has 92 valence electrons. The van der Waals surface area contributed by atoms with Crippen LogP contribution >= 0.6 is 11.6 Å². The first-order chi connectivity index (χ1) is 8.26. The summed E-state index contributed by atoms with van der Waals surface area (Å²) in [5.41, 5.74) is 0.708. The van der Waals surface area contributed by atoms with Gasteiger partial charge in [0, 0.05) is 26.2 Å². The van der Waals surface area contributed by atoms with Gasteiger partial charge < -0.3 is 9.88 Å². The Kier molecular flexibility index (Phi) is 4.00. The molecule has 1 fully saturated rings. The molecule has 2 heterocycles. The van der Waals surface area contributed by atoms with Gasteiger partial charge in [-0.1, -0.05) is 18.5 Å². The second-order valence-electron chi connectivity index (χ2n) is 4.11. The van der Waals surface area contributed by atoms with Crippen molar-refractivity contribution in [3.05, 3.63) is 17.2 Å². The summed E-state index contributed by atoms with van der Waals surface area (Å²) >= 11 is 5.96. The molecule has 1 unspecified atom stereocenters. The number of imidazole rings is 1. The minimum atomic E-state index is -0.316. The van der Waals surface area contributed by atoms with E-state index < -0.39 is 0 Å². The van der Waals surface area contributed by atoms with Gasteiger partial charge in [0.05, 0.1) is 18.1 Å². The van der Waals surface area contributed by atoms with Gasteiger partial charge in [-0.2, -0.15) is 5.26 Å². The summed E-state index contributed by atoms with van der Waals surface area (Å²) in [7, 11) is 0. The molecular weight excluding hydrogens is 238 g/mol. The monoisotopic (exact) mass is 253 g/mol. The number of aromatic nitrogens is 2. The summed E-state index contributed by atoms with van der Waals surface area (Å²) < 4.78 is 0. The van der Waals surface area contributed by atoms with Crippen molar-refractivity contribution >= 4 is 11.6 Å².